The van der Waals surface area contributed by atoms with Gasteiger partial charge in [-0.1, -0.05) is 0 Å². The van der Waals surface area contributed by atoms with Crippen molar-refractivity contribution in [3.8, 4) is 0 Å². The summed E-state index contributed by atoms with van der Waals surface area (Å²) in [5.74, 6) is 0. The van der Waals surface area contributed by atoms with Crippen LogP contribution in [0.4, 0.5) is 0 Å². The highest BCUT2D eigenvalue weighted by atomic mass is 16.6. The molecule has 0 aliphatic carbocycles. The maximum absolute atomic E-state index is 11.1. The second kappa shape index (κ2) is 3.83. The van der Waals surface area contributed by atoms with Gasteiger partial charge in [0.1, 0.15) is 0 Å². The summed E-state index contributed by atoms with van der Waals surface area (Å²) in [6, 6.07) is 0. The van der Waals surface area contributed by atoms with E-state index < -0.39 is 6.23 Å². The van der Waals surface area contributed by atoms with E-state index in [1.54, 1.807) is 13.1 Å². The van der Waals surface area contributed by atoms with Crippen LogP contribution in [0.1, 0.15) is 6.92 Å². The Hall–Kier alpha value is -0.660. The van der Waals surface area contributed by atoms with Gasteiger partial charge < -0.3 is 15.1 Å². The molecule has 3 N–H and O–H groups in total. The number of rotatable bonds is 2. The number of hydrogen-bond donors (Lipinski definition) is 3. The molecule has 1 aliphatic rings. The average molecular weight is 175 g/mol. The number of nitrogens with zero attached hydrogens (tertiary/aromatic N) is 1. The van der Waals surface area contributed by atoms with Crippen molar-refractivity contribution in [1.29, 1.82) is 0 Å². The first-order valence-electron chi connectivity index (χ1n) is 3.57. The third-order valence-electron chi connectivity index (χ3n) is 1.58. The average Bonchev–Trinajstić information content (AvgIpc) is 2.01. The van der Waals surface area contributed by atoms with Gasteiger partial charge in [-0.25, -0.2) is 0 Å². The minimum atomic E-state index is -0.870. The predicted octanol–water partition coefficient (Wildman–Crippen LogP) is -2.07. The number of ether oxygens (including phenoxy) is 1. The molecule has 70 valence electrons. The van der Waals surface area contributed by atoms with Crippen molar-refractivity contribution < 1.29 is 15.1 Å². The summed E-state index contributed by atoms with van der Waals surface area (Å²) in [5.41, 5.74) is 3.04. The van der Waals surface area contributed by atoms with Gasteiger partial charge in [-0.3, -0.25) is 0 Å². The largest absolute Gasteiger partial charge is 0.587 e. The van der Waals surface area contributed by atoms with Gasteiger partial charge >= 0.3 is 0 Å². The summed E-state index contributed by atoms with van der Waals surface area (Å²) in [7, 11) is 1.50. The molecule has 12 heavy (non-hydrogen) atoms. The molecule has 1 aliphatic heterocycles. The van der Waals surface area contributed by atoms with Crippen molar-refractivity contribution in [3.05, 3.63) is 17.0 Å². The molecule has 0 radical (unpaired) electrons. The van der Waals surface area contributed by atoms with Crippen molar-refractivity contribution in [2.75, 3.05) is 13.8 Å². The minimum Gasteiger partial charge on any atom is -0.587 e. The van der Waals surface area contributed by atoms with E-state index in [2.05, 4.69) is 5.43 Å². The van der Waals surface area contributed by atoms with Gasteiger partial charge in [0.05, 0.1) is 6.20 Å². The minimum absolute atomic E-state index is 0.190. The smallest absolute Gasteiger partial charge is 0.176 e. The van der Waals surface area contributed by atoms with E-state index in [1.807, 2.05) is 0 Å². The zero-order valence-corrected chi connectivity index (χ0v) is 7.07. The maximum atomic E-state index is 11.1. The SMILES string of the molecule is COCN1C=C(C)C(O)N[NH+]1[O-]. The molecule has 0 bridgehead atoms. The standard InChI is InChI=1S/C6H13N3O3/c1-5-3-8(4-12-2)9(11)7-6(5)10/h3,6-7,9-10H,4H2,1-2H3. The Morgan fingerprint density at radius 1 is 1.92 bits per heavy atom. The lowest BCUT2D eigenvalue weighted by Crippen LogP contribution is -3.21. The van der Waals surface area contributed by atoms with Gasteiger partial charge in [0.15, 0.2) is 13.0 Å². The summed E-state index contributed by atoms with van der Waals surface area (Å²) in [4.78, 5) is 0. The molecular formula is C6H13N3O3. The van der Waals surface area contributed by atoms with E-state index >= 15 is 0 Å². The Balaban J connectivity index is 2.62. The van der Waals surface area contributed by atoms with Crippen LogP contribution >= 0.6 is 0 Å². The van der Waals surface area contributed by atoms with Gasteiger partial charge in [-0.2, -0.15) is 10.3 Å². The van der Waals surface area contributed by atoms with Crippen molar-refractivity contribution in [2.24, 2.45) is 0 Å². The van der Waals surface area contributed by atoms with E-state index in [0.717, 1.165) is 0 Å². The van der Waals surface area contributed by atoms with Crippen LogP contribution in [-0.2, 0) is 4.74 Å². The van der Waals surface area contributed by atoms with Crippen molar-refractivity contribution in [1.82, 2.24) is 10.4 Å². The zero-order chi connectivity index (χ0) is 9.14. The Morgan fingerprint density at radius 3 is 3.17 bits per heavy atom. The van der Waals surface area contributed by atoms with Crippen LogP contribution in [0.5, 0.6) is 0 Å². The second-order valence-electron chi connectivity index (χ2n) is 2.61. The third-order valence-corrected chi connectivity index (χ3v) is 1.58. The number of aliphatic hydroxyl groups is 1. The predicted molar refractivity (Wildman–Crippen MR) is 40.9 cm³/mol. The highest BCUT2D eigenvalue weighted by molar-refractivity contribution is 5.01. The molecule has 0 aromatic rings. The number of methoxy groups -OCH3 is 1. The molecule has 0 aromatic heterocycles. The van der Waals surface area contributed by atoms with Gasteiger partial charge in [-0.15, -0.1) is 5.43 Å². The number of aliphatic hydroxyl groups excluding tert-OH is 1. The fourth-order valence-corrected chi connectivity index (χ4v) is 0.924. The Kier molecular flexibility index (Phi) is 3.01. The highest BCUT2D eigenvalue weighted by Gasteiger charge is 2.20. The van der Waals surface area contributed by atoms with Gasteiger partial charge in [0, 0.05) is 7.11 Å². The molecule has 1 rings (SSSR count). The molecule has 2 atom stereocenters. The first-order valence-corrected chi connectivity index (χ1v) is 3.57. The molecule has 2 unspecified atom stereocenters. The van der Waals surface area contributed by atoms with E-state index in [4.69, 9.17) is 9.84 Å². The lowest BCUT2D eigenvalue weighted by molar-refractivity contribution is -1.01. The number of quaternary nitrogens is 1. The fraction of sp³-hybridized carbons (Fsp3) is 0.667. The van der Waals surface area contributed by atoms with E-state index in [0.29, 0.717) is 5.57 Å². The second-order valence-corrected chi connectivity index (χ2v) is 2.61. The summed E-state index contributed by atoms with van der Waals surface area (Å²) >= 11 is 0. The maximum Gasteiger partial charge on any atom is 0.176 e. The Morgan fingerprint density at radius 2 is 2.58 bits per heavy atom. The van der Waals surface area contributed by atoms with Gasteiger partial charge in [0.25, 0.3) is 0 Å². The first-order chi connectivity index (χ1) is 5.65. The van der Waals surface area contributed by atoms with Crippen molar-refractivity contribution in [2.45, 2.75) is 13.2 Å². The first kappa shape index (κ1) is 9.43. The van der Waals surface area contributed by atoms with Crippen LogP contribution < -0.4 is 10.7 Å². The molecule has 1 heterocycles. The molecule has 0 spiro atoms. The van der Waals surface area contributed by atoms with E-state index in [1.165, 1.54) is 12.1 Å². The Labute approximate surface area is 70.5 Å². The van der Waals surface area contributed by atoms with Gasteiger partial charge in [0.2, 0.25) is 0 Å². The summed E-state index contributed by atoms with van der Waals surface area (Å²) in [6.07, 6.45) is 0.693. The van der Waals surface area contributed by atoms with Crippen molar-refractivity contribution >= 4 is 0 Å². The molecular weight excluding hydrogens is 162 g/mol. The lowest BCUT2D eigenvalue weighted by Gasteiger charge is -2.37. The number of nitrogens with one attached hydrogen (secondary N) is 2. The summed E-state index contributed by atoms with van der Waals surface area (Å²) < 4.78 is 4.77. The molecule has 0 aromatic carbocycles. The van der Waals surface area contributed by atoms with E-state index in [-0.39, 0.29) is 12.0 Å². The van der Waals surface area contributed by atoms with Crippen LogP contribution in [0.2, 0.25) is 0 Å². The van der Waals surface area contributed by atoms with Crippen LogP contribution in [0.25, 0.3) is 0 Å². The third kappa shape index (κ3) is 1.93. The molecule has 0 fully saturated rings. The van der Waals surface area contributed by atoms with Crippen LogP contribution in [0, 0.1) is 5.21 Å². The molecule has 0 amide bonds. The quantitative estimate of drug-likeness (QED) is 0.420. The molecule has 0 saturated carbocycles. The summed E-state index contributed by atoms with van der Waals surface area (Å²) in [6.45, 7) is 1.92. The molecule has 6 nitrogen and oxygen atoms in total. The van der Waals surface area contributed by atoms with Gasteiger partial charge in [-0.05, 0) is 12.5 Å². The Bertz CT molecular complexity index is 185. The highest BCUT2D eigenvalue weighted by Crippen LogP contribution is 2.00. The van der Waals surface area contributed by atoms with E-state index in [9.17, 15) is 5.21 Å². The van der Waals surface area contributed by atoms with Crippen molar-refractivity contribution in [3.63, 3.8) is 0 Å². The van der Waals surface area contributed by atoms with Crippen LogP contribution in [0.3, 0.4) is 0 Å². The van der Waals surface area contributed by atoms with Crippen LogP contribution in [-0.4, -0.2) is 30.2 Å². The lowest BCUT2D eigenvalue weighted by atomic mass is 10.3. The molecule has 0 saturated heterocycles. The molecule has 6 heteroatoms. The zero-order valence-electron chi connectivity index (χ0n) is 7.07. The monoisotopic (exact) mass is 175 g/mol. The topological polar surface area (TPSA) is 72.2 Å². The van der Waals surface area contributed by atoms with Crippen LogP contribution in [0.15, 0.2) is 11.8 Å². The fourth-order valence-electron chi connectivity index (χ4n) is 0.924. The number of hydrogen-bond acceptors (Lipinski definition) is 5. The normalized spacial score (nSPS) is 30.3. The summed E-state index contributed by atoms with van der Waals surface area (Å²) in [5, 5.41) is 21.2.